The lowest BCUT2D eigenvalue weighted by atomic mass is 10.1. The maximum absolute atomic E-state index is 12.6. The summed E-state index contributed by atoms with van der Waals surface area (Å²) in [6.07, 6.45) is 4.21. The van der Waals surface area contributed by atoms with Crippen LogP contribution in [0.1, 0.15) is 20.7 Å². The van der Waals surface area contributed by atoms with Gasteiger partial charge in [-0.15, -0.1) is 0 Å². The molecule has 7 nitrogen and oxygen atoms in total. The molecule has 7 heteroatoms. The number of para-hydroxylation sites is 1. The molecule has 0 aliphatic heterocycles. The van der Waals surface area contributed by atoms with Gasteiger partial charge in [-0.3, -0.25) is 20.4 Å². The topological polar surface area (TPSA) is 97.4 Å². The van der Waals surface area contributed by atoms with Crippen molar-refractivity contribution >= 4 is 22.7 Å². The van der Waals surface area contributed by atoms with E-state index in [-0.39, 0.29) is 0 Å². The molecule has 0 aliphatic carbocycles. The summed E-state index contributed by atoms with van der Waals surface area (Å²) >= 11 is 0. The van der Waals surface area contributed by atoms with Crippen molar-refractivity contribution in [2.24, 2.45) is 0 Å². The second-order valence-electron chi connectivity index (χ2n) is 5.47. The summed E-state index contributed by atoms with van der Waals surface area (Å²) in [5.41, 5.74) is 6.62. The summed E-state index contributed by atoms with van der Waals surface area (Å²) in [5, 5.41) is 0.665. The lowest BCUT2D eigenvalue weighted by molar-refractivity contribution is 0.0847. The van der Waals surface area contributed by atoms with Gasteiger partial charge in [0.1, 0.15) is 12.0 Å². The number of hydrazine groups is 1. The Morgan fingerprint density at radius 1 is 0.923 bits per heavy atom. The van der Waals surface area contributed by atoms with Crippen LogP contribution in [0.2, 0.25) is 0 Å². The van der Waals surface area contributed by atoms with Crippen LogP contribution in [0.3, 0.4) is 0 Å². The number of furan rings is 2. The highest BCUT2D eigenvalue weighted by Crippen LogP contribution is 2.25. The van der Waals surface area contributed by atoms with Crippen LogP contribution < -0.4 is 10.9 Å². The number of carbonyl (C=O) groups excluding carboxylic acids is 2. The largest absolute Gasteiger partial charge is 0.472 e. The van der Waals surface area contributed by atoms with Gasteiger partial charge in [0.05, 0.1) is 29.2 Å². The van der Waals surface area contributed by atoms with Crippen LogP contribution in [0.4, 0.5) is 0 Å². The summed E-state index contributed by atoms with van der Waals surface area (Å²) in [7, 11) is 0. The predicted octanol–water partition coefficient (Wildman–Crippen LogP) is 3.16. The molecule has 3 heterocycles. The first-order chi connectivity index (χ1) is 12.7. The summed E-state index contributed by atoms with van der Waals surface area (Å²) in [6.45, 7) is 0. The maximum Gasteiger partial charge on any atom is 0.272 e. The first-order valence-electron chi connectivity index (χ1n) is 7.79. The van der Waals surface area contributed by atoms with Crippen molar-refractivity contribution in [1.29, 1.82) is 0 Å². The van der Waals surface area contributed by atoms with Gasteiger partial charge in [-0.25, -0.2) is 4.98 Å². The number of hydrogen-bond donors (Lipinski definition) is 2. The normalized spacial score (nSPS) is 10.6. The number of fused-ring (bicyclic) bond motifs is 1. The van der Waals surface area contributed by atoms with E-state index in [0.717, 1.165) is 0 Å². The molecule has 0 unspecified atom stereocenters. The molecule has 0 spiro atoms. The van der Waals surface area contributed by atoms with E-state index in [1.54, 1.807) is 24.3 Å². The zero-order chi connectivity index (χ0) is 17.9. The van der Waals surface area contributed by atoms with Gasteiger partial charge in [-0.05, 0) is 30.3 Å². The Morgan fingerprint density at radius 2 is 1.77 bits per heavy atom. The molecule has 1 aromatic carbocycles. The SMILES string of the molecule is O=C(NNC(=O)c1cc(-c2ccco2)nc2ccccc12)c1ccoc1. The smallest absolute Gasteiger partial charge is 0.272 e. The van der Waals surface area contributed by atoms with Gasteiger partial charge < -0.3 is 8.83 Å². The average molecular weight is 347 g/mol. The van der Waals surface area contributed by atoms with E-state index in [1.165, 1.54) is 24.9 Å². The number of benzene rings is 1. The first-order valence-corrected chi connectivity index (χ1v) is 7.79. The summed E-state index contributed by atoms with van der Waals surface area (Å²) < 4.78 is 10.2. The van der Waals surface area contributed by atoms with E-state index in [0.29, 0.717) is 33.5 Å². The Hall–Kier alpha value is -3.87. The molecule has 0 saturated carbocycles. The molecule has 0 atom stereocenters. The molecule has 0 radical (unpaired) electrons. The Bertz CT molecular complexity index is 1070. The fourth-order valence-electron chi connectivity index (χ4n) is 2.56. The lowest BCUT2D eigenvalue weighted by Crippen LogP contribution is -2.41. The highest BCUT2D eigenvalue weighted by atomic mass is 16.3. The highest BCUT2D eigenvalue weighted by Gasteiger charge is 2.16. The van der Waals surface area contributed by atoms with Gasteiger partial charge in [-0.2, -0.15) is 0 Å². The fraction of sp³-hybridized carbons (Fsp3) is 0. The molecule has 0 bridgehead atoms. The minimum atomic E-state index is -0.475. The lowest BCUT2D eigenvalue weighted by Gasteiger charge is -2.10. The van der Waals surface area contributed by atoms with Crippen molar-refractivity contribution in [2.45, 2.75) is 0 Å². The van der Waals surface area contributed by atoms with Crippen molar-refractivity contribution in [3.05, 3.63) is 78.4 Å². The number of carbonyl (C=O) groups is 2. The van der Waals surface area contributed by atoms with Crippen LogP contribution >= 0.6 is 0 Å². The number of rotatable bonds is 3. The molecule has 0 saturated heterocycles. The minimum absolute atomic E-state index is 0.307. The highest BCUT2D eigenvalue weighted by molar-refractivity contribution is 6.08. The van der Waals surface area contributed by atoms with Crippen molar-refractivity contribution in [3.63, 3.8) is 0 Å². The number of hydrogen-bond acceptors (Lipinski definition) is 5. The van der Waals surface area contributed by atoms with Gasteiger partial charge in [0, 0.05) is 5.39 Å². The third-order valence-corrected chi connectivity index (χ3v) is 3.81. The van der Waals surface area contributed by atoms with Gasteiger partial charge >= 0.3 is 0 Å². The molecular weight excluding hydrogens is 334 g/mol. The second-order valence-corrected chi connectivity index (χ2v) is 5.47. The van der Waals surface area contributed by atoms with Crippen LogP contribution in [0.15, 0.2) is 76.2 Å². The van der Waals surface area contributed by atoms with Crippen LogP contribution in [0, 0.1) is 0 Å². The molecule has 0 fully saturated rings. The van der Waals surface area contributed by atoms with Gasteiger partial charge in [0.2, 0.25) is 0 Å². The number of nitrogens with one attached hydrogen (secondary N) is 2. The van der Waals surface area contributed by atoms with E-state index < -0.39 is 11.8 Å². The molecular formula is C19H13N3O4. The van der Waals surface area contributed by atoms with Gasteiger partial charge in [0.25, 0.3) is 11.8 Å². The number of pyridine rings is 1. The third kappa shape index (κ3) is 2.93. The minimum Gasteiger partial charge on any atom is -0.472 e. The van der Waals surface area contributed by atoms with E-state index in [2.05, 4.69) is 15.8 Å². The standard InChI is InChI=1S/C19H13N3O4/c23-18(12-7-9-25-11-12)21-22-19(24)14-10-16(17-6-3-8-26-17)20-15-5-2-1-4-13(14)15/h1-11H,(H,21,23)(H,22,24). The molecule has 128 valence electrons. The number of amides is 2. The number of aromatic nitrogens is 1. The monoisotopic (exact) mass is 347 g/mol. The molecule has 26 heavy (non-hydrogen) atoms. The molecule has 2 amide bonds. The van der Waals surface area contributed by atoms with Crippen molar-refractivity contribution in [1.82, 2.24) is 15.8 Å². The van der Waals surface area contributed by atoms with Crippen molar-refractivity contribution < 1.29 is 18.4 Å². The Kier molecular flexibility index (Phi) is 3.95. The van der Waals surface area contributed by atoms with Crippen molar-refractivity contribution in [2.75, 3.05) is 0 Å². The Morgan fingerprint density at radius 3 is 2.54 bits per heavy atom. The van der Waals surface area contributed by atoms with E-state index in [9.17, 15) is 9.59 Å². The van der Waals surface area contributed by atoms with Crippen molar-refractivity contribution in [3.8, 4) is 11.5 Å². The van der Waals surface area contributed by atoms with Gasteiger partial charge in [-0.1, -0.05) is 18.2 Å². The van der Waals surface area contributed by atoms with Crippen LogP contribution in [-0.4, -0.2) is 16.8 Å². The summed E-state index contributed by atoms with van der Waals surface area (Å²) in [4.78, 5) is 29.1. The summed E-state index contributed by atoms with van der Waals surface area (Å²) in [5.74, 6) is -0.391. The third-order valence-electron chi connectivity index (χ3n) is 3.81. The second kappa shape index (κ2) is 6.56. The van der Waals surface area contributed by atoms with E-state index in [1.807, 2.05) is 18.2 Å². The van der Waals surface area contributed by atoms with Crippen LogP contribution in [0.5, 0.6) is 0 Å². The maximum atomic E-state index is 12.6. The molecule has 0 aliphatic rings. The quantitative estimate of drug-likeness (QED) is 0.555. The Labute approximate surface area is 147 Å². The van der Waals surface area contributed by atoms with Crippen LogP contribution in [-0.2, 0) is 0 Å². The number of nitrogens with zero attached hydrogens (tertiary/aromatic N) is 1. The first kappa shape index (κ1) is 15.6. The zero-order valence-corrected chi connectivity index (χ0v) is 13.4. The zero-order valence-electron chi connectivity index (χ0n) is 13.4. The summed E-state index contributed by atoms with van der Waals surface area (Å²) in [6, 6.07) is 13.9. The molecule has 4 aromatic rings. The molecule has 3 aromatic heterocycles. The predicted molar refractivity (Wildman–Crippen MR) is 93.1 cm³/mol. The fourth-order valence-corrected chi connectivity index (χ4v) is 2.56. The van der Waals surface area contributed by atoms with E-state index >= 15 is 0 Å². The van der Waals surface area contributed by atoms with Gasteiger partial charge in [0.15, 0.2) is 5.76 Å². The van der Waals surface area contributed by atoms with Crippen LogP contribution in [0.25, 0.3) is 22.4 Å². The molecule has 2 N–H and O–H groups in total. The molecule has 4 rings (SSSR count). The average Bonchev–Trinajstić information content (AvgIpc) is 3.38. The Balaban J connectivity index is 1.66. The van der Waals surface area contributed by atoms with E-state index in [4.69, 9.17) is 8.83 Å².